The van der Waals surface area contributed by atoms with Gasteiger partial charge in [-0.2, -0.15) is 5.10 Å². The normalized spacial score (nSPS) is 15.9. The molecule has 9 heteroatoms. The summed E-state index contributed by atoms with van der Waals surface area (Å²) in [5, 5.41) is 9.16. The molecular formula is C22H28ClN7O. The van der Waals surface area contributed by atoms with Crippen molar-refractivity contribution >= 4 is 34.4 Å². The molecule has 0 spiro atoms. The molecule has 1 aromatic carbocycles. The van der Waals surface area contributed by atoms with E-state index >= 15 is 0 Å². The molecule has 0 aliphatic carbocycles. The lowest BCUT2D eigenvalue weighted by Crippen LogP contribution is -2.50. The van der Waals surface area contributed by atoms with Crippen molar-refractivity contribution in [1.29, 1.82) is 0 Å². The van der Waals surface area contributed by atoms with E-state index in [0.29, 0.717) is 17.4 Å². The van der Waals surface area contributed by atoms with E-state index < -0.39 is 0 Å². The van der Waals surface area contributed by atoms with Gasteiger partial charge in [-0.25, -0.2) is 14.6 Å². The smallest absolute Gasteiger partial charge is 0.234 e. The molecule has 1 fully saturated rings. The second-order valence-corrected chi connectivity index (χ2v) is 8.44. The first kappa shape index (κ1) is 21.5. The van der Waals surface area contributed by atoms with E-state index in [2.05, 4.69) is 32.1 Å². The van der Waals surface area contributed by atoms with Crippen molar-refractivity contribution in [2.24, 2.45) is 0 Å². The fourth-order valence-electron chi connectivity index (χ4n) is 3.78. The van der Waals surface area contributed by atoms with Crippen LogP contribution < -0.4 is 10.2 Å². The molecule has 4 rings (SSSR count). The molecule has 1 saturated heterocycles. The SMILES string of the molecule is CCC(C)NC(=O)CN1CCN(c2nc(C)nc3c2cnn3-c2cccc(Cl)c2)CC1. The summed E-state index contributed by atoms with van der Waals surface area (Å²) in [7, 11) is 0. The van der Waals surface area contributed by atoms with E-state index in [0.717, 1.165) is 55.1 Å². The molecule has 0 radical (unpaired) electrons. The van der Waals surface area contributed by atoms with Gasteiger partial charge in [-0.1, -0.05) is 24.6 Å². The third kappa shape index (κ3) is 4.80. The van der Waals surface area contributed by atoms with Crippen molar-refractivity contribution in [3.63, 3.8) is 0 Å². The van der Waals surface area contributed by atoms with Crippen molar-refractivity contribution in [3.05, 3.63) is 41.3 Å². The first-order valence-electron chi connectivity index (χ1n) is 10.7. The molecule has 1 amide bonds. The Kier molecular flexibility index (Phi) is 6.38. The number of amides is 1. The number of fused-ring (bicyclic) bond motifs is 1. The lowest BCUT2D eigenvalue weighted by molar-refractivity contribution is -0.122. The number of aromatic nitrogens is 4. The number of piperazine rings is 1. The van der Waals surface area contributed by atoms with Crippen molar-refractivity contribution in [2.45, 2.75) is 33.2 Å². The summed E-state index contributed by atoms with van der Waals surface area (Å²) in [6.45, 7) is 9.64. The van der Waals surface area contributed by atoms with E-state index in [-0.39, 0.29) is 11.9 Å². The molecule has 0 bridgehead atoms. The van der Waals surface area contributed by atoms with Crippen LogP contribution in [0.1, 0.15) is 26.1 Å². The Bertz CT molecular complexity index is 1070. The first-order valence-corrected chi connectivity index (χ1v) is 11.1. The Labute approximate surface area is 187 Å². The van der Waals surface area contributed by atoms with Gasteiger partial charge in [0.25, 0.3) is 0 Å². The van der Waals surface area contributed by atoms with Gasteiger partial charge in [-0.05, 0) is 38.5 Å². The van der Waals surface area contributed by atoms with Gasteiger partial charge in [0, 0.05) is 37.2 Å². The predicted octanol–water partition coefficient (Wildman–Crippen LogP) is 2.81. The summed E-state index contributed by atoms with van der Waals surface area (Å²) in [6, 6.07) is 7.77. The number of benzene rings is 1. The maximum Gasteiger partial charge on any atom is 0.234 e. The van der Waals surface area contributed by atoms with Crippen molar-refractivity contribution in [2.75, 3.05) is 37.6 Å². The van der Waals surface area contributed by atoms with Crippen LogP contribution in [0.15, 0.2) is 30.5 Å². The van der Waals surface area contributed by atoms with Crippen molar-refractivity contribution in [1.82, 2.24) is 30.0 Å². The molecule has 2 aromatic heterocycles. The third-order valence-corrected chi connectivity index (χ3v) is 5.87. The maximum absolute atomic E-state index is 12.2. The Hall–Kier alpha value is -2.71. The molecule has 0 saturated carbocycles. The van der Waals surface area contributed by atoms with Gasteiger partial charge in [0.1, 0.15) is 11.6 Å². The van der Waals surface area contributed by atoms with Crippen LogP contribution in [0, 0.1) is 6.92 Å². The van der Waals surface area contributed by atoms with Crippen LogP contribution in [0.4, 0.5) is 5.82 Å². The summed E-state index contributed by atoms with van der Waals surface area (Å²) in [5.41, 5.74) is 1.63. The molecule has 1 N–H and O–H groups in total. The minimum Gasteiger partial charge on any atom is -0.353 e. The first-order chi connectivity index (χ1) is 14.9. The molecule has 31 heavy (non-hydrogen) atoms. The third-order valence-electron chi connectivity index (χ3n) is 5.63. The number of anilines is 1. The highest BCUT2D eigenvalue weighted by atomic mass is 35.5. The number of hydrogen-bond acceptors (Lipinski definition) is 6. The average Bonchev–Trinajstić information content (AvgIpc) is 3.17. The summed E-state index contributed by atoms with van der Waals surface area (Å²) in [6.07, 6.45) is 2.75. The molecule has 1 atom stereocenters. The largest absolute Gasteiger partial charge is 0.353 e. The maximum atomic E-state index is 12.2. The molecule has 164 valence electrons. The fraction of sp³-hybridized carbons (Fsp3) is 0.455. The molecule has 1 aliphatic rings. The second kappa shape index (κ2) is 9.20. The van der Waals surface area contributed by atoms with Crippen LogP contribution in [-0.2, 0) is 4.79 Å². The second-order valence-electron chi connectivity index (χ2n) is 8.01. The summed E-state index contributed by atoms with van der Waals surface area (Å²) >= 11 is 6.17. The van der Waals surface area contributed by atoms with Crippen LogP contribution >= 0.6 is 11.6 Å². The molecular weight excluding hydrogens is 414 g/mol. The highest BCUT2D eigenvalue weighted by Gasteiger charge is 2.23. The molecule has 3 aromatic rings. The number of aryl methyl sites for hydroxylation is 1. The number of hydrogen-bond donors (Lipinski definition) is 1. The number of carbonyl (C=O) groups excluding carboxylic acids is 1. The van der Waals surface area contributed by atoms with Crippen LogP contribution in [0.3, 0.4) is 0 Å². The van der Waals surface area contributed by atoms with Crippen LogP contribution in [-0.4, -0.2) is 69.3 Å². The topological polar surface area (TPSA) is 79.2 Å². The van der Waals surface area contributed by atoms with Gasteiger partial charge >= 0.3 is 0 Å². The fourth-order valence-corrected chi connectivity index (χ4v) is 3.96. The average molecular weight is 442 g/mol. The lowest BCUT2D eigenvalue weighted by atomic mass is 10.2. The minimum atomic E-state index is 0.0888. The van der Waals surface area contributed by atoms with E-state index in [1.165, 1.54) is 0 Å². The van der Waals surface area contributed by atoms with Crippen molar-refractivity contribution < 1.29 is 4.79 Å². The standard InChI is InChI=1S/C22H28ClN7O/c1-4-15(2)25-20(31)14-28-8-10-29(11-9-28)21-19-13-24-30(22(19)27-16(3)26-21)18-7-5-6-17(23)12-18/h5-7,12-13,15H,4,8-11,14H2,1-3H3,(H,25,31). The zero-order valence-electron chi connectivity index (χ0n) is 18.2. The predicted molar refractivity (Wildman–Crippen MR) is 123 cm³/mol. The Morgan fingerprint density at radius 2 is 2.00 bits per heavy atom. The number of carbonyl (C=O) groups is 1. The van der Waals surface area contributed by atoms with E-state index in [4.69, 9.17) is 16.6 Å². The number of nitrogens with zero attached hydrogens (tertiary/aromatic N) is 6. The van der Waals surface area contributed by atoms with Crippen molar-refractivity contribution in [3.8, 4) is 5.69 Å². The Morgan fingerprint density at radius 1 is 1.23 bits per heavy atom. The van der Waals surface area contributed by atoms with E-state index in [1.54, 1.807) is 4.68 Å². The summed E-state index contributed by atoms with van der Waals surface area (Å²) in [4.78, 5) is 26.0. The van der Waals surface area contributed by atoms with Gasteiger partial charge in [0.15, 0.2) is 5.65 Å². The Morgan fingerprint density at radius 3 is 2.71 bits per heavy atom. The zero-order chi connectivity index (χ0) is 22.0. The number of nitrogens with one attached hydrogen (secondary N) is 1. The van der Waals surface area contributed by atoms with Crippen LogP contribution in [0.5, 0.6) is 0 Å². The number of halogens is 1. The monoisotopic (exact) mass is 441 g/mol. The molecule has 3 heterocycles. The van der Waals surface area contributed by atoms with Gasteiger partial charge in [0.05, 0.1) is 23.8 Å². The number of rotatable bonds is 6. The molecule has 1 aliphatic heterocycles. The van der Waals surface area contributed by atoms with Crippen LogP contribution in [0.25, 0.3) is 16.7 Å². The van der Waals surface area contributed by atoms with Gasteiger partial charge < -0.3 is 10.2 Å². The highest BCUT2D eigenvalue weighted by molar-refractivity contribution is 6.30. The van der Waals surface area contributed by atoms with E-state index in [1.807, 2.05) is 44.3 Å². The minimum absolute atomic E-state index is 0.0888. The van der Waals surface area contributed by atoms with Gasteiger partial charge in [-0.3, -0.25) is 9.69 Å². The quantitative estimate of drug-likeness (QED) is 0.633. The van der Waals surface area contributed by atoms with Gasteiger partial charge in [-0.15, -0.1) is 0 Å². The lowest BCUT2D eigenvalue weighted by Gasteiger charge is -2.35. The van der Waals surface area contributed by atoms with E-state index in [9.17, 15) is 4.79 Å². The summed E-state index contributed by atoms with van der Waals surface area (Å²) < 4.78 is 1.80. The molecule has 8 nitrogen and oxygen atoms in total. The zero-order valence-corrected chi connectivity index (χ0v) is 18.9. The highest BCUT2D eigenvalue weighted by Crippen LogP contribution is 2.27. The Balaban J connectivity index is 1.51. The summed E-state index contributed by atoms with van der Waals surface area (Å²) in [5.74, 6) is 1.67. The van der Waals surface area contributed by atoms with Gasteiger partial charge in [0.2, 0.25) is 5.91 Å². The van der Waals surface area contributed by atoms with Crippen LogP contribution in [0.2, 0.25) is 5.02 Å². The molecule has 1 unspecified atom stereocenters.